The average molecular weight is 437 g/mol. The van der Waals surface area contributed by atoms with Gasteiger partial charge in [0.15, 0.2) is 0 Å². The van der Waals surface area contributed by atoms with Gasteiger partial charge in [-0.2, -0.15) is 0 Å². The lowest BCUT2D eigenvalue weighted by atomic mass is 10.1. The lowest BCUT2D eigenvalue weighted by Gasteiger charge is -2.40. The summed E-state index contributed by atoms with van der Waals surface area (Å²) in [5.74, 6) is 0.577. The molecule has 3 aromatic rings. The summed E-state index contributed by atoms with van der Waals surface area (Å²) in [6.07, 6.45) is 1.37. The molecule has 1 amide bonds. The van der Waals surface area contributed by atoms with E-state index < -0.39 is 10.7 Å². The van der Waals surface area contributed by atoms with Crippen molar-refractivity contribution in [3.05, 3.63) is 82.4 Å². The number of aromatic nitrogens is 2. The molecular weight excluding hydrogens is 417 g/mol. The van der Waals surface area contributed by atoms with Crippen LogP contribution in [0, 0.1) is 15.9 Å². The minimum atomic E-state index is -0.517. The zero-order chi connectivity index (χ0) is 22.7. The van der Waals surface area contributed by atoms with Gasteiger partial charge in [0.25, 0.3) is 11.6 Å². The number of rotatable bonds is 5. The van der Waals surface area contributed by atoms with Crippen LogP contribution in [0.5, 0.6) is 11.6 Å². The zero-order valence-electron chi connectivity index (χ0n) is 17.2. The number of carbonyl (C=O) groups is 1. The molecule has 32 heavy (non-hydrogen) atoms. The molecule has 0 unspecified atom stereocenters. The van der Waals surface area contributed by atoms with Gasteiger partial charge in [-0.05, 0) is 25.1 Å². The summed E-state index contributed by atoms with van der Waals surface area (Å²) in [4.78, 5) is 35.5. The highest BCUT2D eigenvalue weighted by atomic mass is 19.1. The molecule has 0 spiro atoms. The number of benzene rings is 2. The first-order chi connectivity index (χ1) is 15.4. The molecule has 4 rings (SSSR count). The van der Waals surface area contributed by atoms with Crippen LogP contribution in [-0.2, 0) is 0 Å². The van der Waals surface area contributed by atoms with Gasteiger partial charge < -0.3 is 14.5 Å². The minimum Gasteiger partial charge on any atom is -0.439 e. The molecule has 0 bridgehead atoms. The number of hydrogen-bond donors (Lipinski definition) is 0. The van der Waals surface area contributed by atoms with E-state index in [1.165, 1.54) is 36.7 Å². The second kappa shape index (κ2) is 8.96. The largest absolute Gasteiger partial charge is 0.439 e. The topological polar surface area (TPSA) is 102 Å². The molecule has 1 saturated heterocycles. The average Bonchev–Trinajstić information content (AvgIpc) is 2.79. The zero-order valence-corrected chi connectivity index (χ0v) is 17.2. The predicted molar refractivity (Wildman–Crippen MR) is 114 cm³/mol. The van der Waals surface area contributed by atoms with Crippen molar-refractivity contribution in [2.45, 2.75) is 13.0 Å². The van der Waals surface area contributed by atoms with Crippen LogP contribution in [-0.4, -0.2) is 51.4 Å². The van der Waals surface area contributed by atoms with Gasteiger partial charge in [-0.25, -0.2) is 14.4 Å². The number of nitro benzene ring substituents is 1. The van der Waals surface area contributed by atoms with Crippen LogP contribution < -0.4 is 9.64 Å². The molecule has 1 fully saturated rings. The summed E-state index contributed by atoms with van der Waals surface area (Å²) in [7, 11) is 0. The Morgan fingerprint density at radius 2 is 1.97 bits per heavy atom. The second-order valence-electron chi connectivity index (χ2n) is 7.37. The predicted octanol–water partition coefficient (Wildman–Crippen LogP) is 3.67. The first kappa shape index (κ1) is 21.2. The Hall–Kier alpha value is -4.08. The molecule has 1 aliphatic rings. The van der Waals surface area contributed by atoms with E-state index in [4.69, 9.17) is 4.74 Å². The highest BCUT2D eigenvalue weighted by Crippen LogP contribution is 2.25. The SMILES string of the molecule is C[C@H]1CN(c2cc(Oc3cccc(F)c3)ncn2)CCN1C(=O)c1cccc([N+](=O)[O-])c1. The number of anilines is 1. The molecule has 0 saturated carbocycles. The number of non-ortho nitro benzene ring substituents is 1. The third-order valence-electron chi connectivity index (χ3n) is 5.16. The van der Waals surface area contributed by atoms with E-state index in [-0.39, 0.29) is 29.1 Å². The molecule has 0 radical (unpaired) electrons. The molecule has 2 aromatic carbocycles. The lowest BCUT2D eigenvalue weighted by Crippen LogP contribution is -2.54. The van der Waals surface area contributed by atoms with E-state index in [0.717, 1.165) is 0 Å². The summed E-state index contributed by atoms with van der Waals surface area (Å²) < 4.78 is 19.0. The normalized spacial score (nSPS) is 16.0. The van der Waals surface area contributed by atoms with Crippen LogP contribution in [0.2, 0.25) is 0 Å². The Morgan fingerprint density at radius 3 is 2.72 bits per heavy atom. The molecule has 1 aliphatic heterocycles. The maximum Gasteiger partial charge on any atom is 0.270 e. The quantitative estimate of drug-likeness (QED) is 0.443. The van der Waals surface area contributed by atoms with Crippen molar-refractivity contribution in [2.24, 2.45) is 0 Å². The van der Waals surface area contributed by atoms with Crippen molar-refractivity contribution >= 4 is 17.4 Å². The van der Waals surface area contributed by atoms with Gasteiger partial charge in [-0.1, -0.05) is 12.1 Å². The third-order valence-corrected chi connectivity index (χ3v) is 5.16. The van der Waals surface area contributed by atoms with Crippen LogP contribution in [0.1, 0.15) is 17.3 Å². The van der Waals surface area contributed by atoms with Crippen molar-refractivity contribution in [1.82, 2.24) is 14.9 Å². The van der Waals surface area contributed by atoms with Gasteiger partial charge in [0.2, 0.25) is 5.88 Å². The fraction of sp³-hybridized carbons (Fsp3) is 0.227. The van der Waals surface area contributed by atoms with Crippen LogP contribution in [0.4, 0.5) is 15.9 Å². The van der Waals surface area contributed by atoms with Crippen molar-refractivity contribution in [1.29, 1.82) is 0 Å². The first-order valence-electron chi connectivity index (χ1n) is 9.96. The molecule has 0 N–H and O–H groups in total. The van der Waals surface area contributed by atoms with Crippen LogP contribution >= 0.6 is 0 Å². The number of carbonyl (C=O) groups excluding carboxylic acids is 1. The summed E-state index contributed by atoms with van der Waals surface area (Å²) in [6.45, 7) is 3.36. The Labute approximate surface area is 183 Å². The summed E-state index contributed by atoms with van der Waals surface area (Å²) in [5.41, 5.74) is 0.168. The molecule has 1 atom stereocenters. The number of hydrogen-bond acceptors (Lipinski definition) is 7. The fourth-order valence-corrected chi connectivity index (χ4v) is 3.60. The molecule has 0 aliphatic carbocycles. The van der Waals surface area contributed by atoms with Gasteiger partial charge in [0, 0.05) is 55.5 Å². The molecule has 164 valence electrons. The maximum absolute atomic E-state index is 13.4. The van der Waals surface area contributed by atoms with Gasteiger partial charge in [-0.3, -0.25) is 14.9 Å². The lowest BCUT2D eigenvalue weighted by molar-refractivity contribution is -0.384. The van der Waals surface area contributed by atoms with Crippen molar-refractivity contribution < 1.29 is 18.8 Å². The number of nitro groups is 1. The maximum atomic E-state index is 13.4. The smallest absolute Gasteiger partial charge is 0.270 e. The summed E-state index contributed by atoms with van der Waals surface area (Å²) in [5, 5.41) is 11.0. The standard InChI is InChI=1S/C22H20FN5O4/c1-15-13-26(8-9-27(15)22(29)16-4-2-6-18(10-16)28(30)31)20-12-21(25-14-24-20)32-19-7-3-5-17(23)11-19/h2-7,10-12,14-15H,8-9,13H2,1H3/t15-/m0/s1. The molecular formula is C22H20FN5O4. The Kier molecular flexibility index (Phi) is 5.93. The Morgan fingerprint density at radius 1 is 1.16 bits per heavy atom. The highest BCUT2D eigenvalue weighted by Gasteiger charge is 2.29. The molecule has 9 nitrogen and oxygen atoms in total. The molecule has 10 heteroatoms. The molecule has 2 heterocycles. The summed E-state index contributed by atoms with van der Waals surface area (Å²) in [6, 6.07) is 13.0. The van der Waals surface area contributed by atoms with E-state index in [1.54, 1.807) is 29.2 Å². The summed E-state index contributed by atoms with van der Waals surface area (Å²) >= 11 is 0. The van der Waals surface area contributed by atoms with Crippen LogP contribution in [0.15, 0.2) is 60.9 Å². The number of nitrogens with zero attached hydrogens (tertiary/aromatic N) is 5. The van der Waals surface area contributed by atoms with E-state index in [1.807, 2.05) is 11.8 Å². The van der Waals surface area contributed by atoms with Crippen LogP contribution in [0.25, 0.3) is 0 Å². The molecule has 1 aromatic heterocycles. The van der Waals surface area contributed by atoms with E-state index in [0.29, 0.717) is 31.2 Å². The number of piperazine rings is 1. The monoisotopic (exact) mass is 437 g/mol. The van der Waals surface area contributed by atoms with E-state index >= 15 is 0 Å². The first-order valence-corrected chi connectivity index (χ1v) is 9.96. The highest BCUT2D eigenvalue weighted by molar-refractivity contribution is 5.95. The second-order valence-corrected chi connectivity index (χ2v) is 7.37. The third kappa shape index (κ3) is 4.64. The number of ether oxygens (including phenoxy) is 1. The Bertz CT molecular complexity index is 1160. The van der Waals surface area contributed by atoms with Gasteiger partial charge in [0.05, 0.1) is 4.92 Å². The fourth-order valence-electron chi connectivity index (χ4n) is 3.60. The van der Waals surface area contributed by atoms with E-state index in [2.05, 4.69) is 9.97 Å². The van der Waals surface area contributed by atoms with Crippen molar-refractivity contribution in [2.75, 3.05) is 24.5 Å². The minimum absolute atomic E-state index is 0.117. The number of amides is 1. The van der Waals surface area contributed by atoms with E-state index in [9.17, 15) is 19.3 Å². The van der Waals surface area contributed by atoms with Crippen molar-refractivity contribution in [3.63, 3.8) is 0 Å². The van der Waals surface area contributed by atoms with Gasteiger partial charge >= 0.3 is 0 Å². The van der Waals surface area contributed by atoms with Crippen molar-refractivity contribution in [3.8, 4) is 11.6 Å². The van der Waals surface area contributed by atoms with Crippen LogP contribution in [0.3, 0.4) is 0 Å². The van der Waals surface area contributed by atoms with Gasteiger partial charge in [-0.15, -0.1) is 0 Å². The van der Waals surface area contributed by atoms with Gasteiger partial charge in [0.1, 0.15) is 23.7 Å². The number of halogens is 1. The Balaban J connectivity index is 1.45.